The summed E-state index contributed by atoms with van der Waals surface area (Å²) in [6.45, 7) is 0.112. The van der Waals surface area contributed by atoms with E-state index in [0.29, 0.717) is 11.6 Å². The summed E-state index contributed by atoms with van der Waals surface area (Å²) in [4.78, 5) is 28.7. The zero-order valence-electron chi connectivity index (χ0n) is 12.1. The van der Waals surface area contributed by atoms with Gasteiger partial charge in [-0.15, -0.1) is 0 Å². The summed E-state index contributed by atoms with van der Waals surface area (Å²) in [6.07, 6.45) is 2.10. The lowest BCUT2D eigenvalue weighted by atomic mass is 10.1. The average molecular weight is 292 g/mol. The summed E-state index contributed by atoms with van der Waals surface area (Å²) in [6, 6.07) is 17.1. The highest BCUT2D eigenvalue weighted by Gasteiger charge is 2.40. The smallest absolute Gasteiger partial charge is 0.258 e. The Morgan fingerprint density at radius 2 is 1.55 bits per heavy atom. The van der Waals surface area contributed by atoms with Crippen molar-refractivity contribution in [3.05, 3.63) is 60.2 Å². The number of fused-ring (bicyclic) bond motifs is 1. The van der Waals surface area contributed by atoms with Gasteiger partial charge in [0.05, 0.1) is 11.4 Å². The van der Waals surface area contributed by atoms with Gasteiger partial charge in [0, 0.05) is 11.6 Å². The van der Waals surface area contributed by atoms with Crippen molar-refractivity contribution in [2.45, 2.75) is 18.9 Å². The monoisotopic (exact) mass is 292 g/mol. The lowest BCUT2D eigenvalue weighted by molar-refractivity contribution is -0.117. The van der Waals surface area contributed by atoms with Crippen LogP contribution in [0.1, 0.15) is 23.2 Å². The number of nitrogens with zero attached hydrogens (tertiary/aromatic N) is 2. The highest BCUT2D eigenvalue weighted by molar-refractivity contribution is 6.16. The number of rotatable bonds is 2. The molecular weight excluding hydrogens is 276 g/mol. The van der Waals surface area contributed by atoms with Crippen molar-refractivity contribution in [3.8, 4) is 0 Å². The topological polar surface area (TPSA) is 40.6 Å². The average Bonchev–Trinajstić information content (AvgIpc) is 3.39. The lowest BCUT2D eigenvalue weighted by Crippen LogP contribution is -2.49. The van der Waals surface area contributed by atoms with Gasteiger partial charge < -0.3 is 4.90 Å². The molecule has 0 unspecified atom stereocenters. The van der Waals surface area contributed by atoms with Crippen LogP contribution in [0.25, 0.3) is 0 Å². The van der Waals surface area contributed by atoms with E-state index in [9.17, 15) is 9.59 Å². The molecule has 0 N–H and O–H groups in total. The van der Waals surface area contributed by atoms with Crippen LogP contribution < -0.4 is 9.80 Å². The molecule has 4 rings (SSSR count). The lowest BCUT2D eigenvalue weighted by Gasteiger charge is -2.36. The standard InChI is InChI=1S/C18H16N2O2/c21-17-12-19(18(22)13-6-2-1-3-7-13)15-8-4-5-9-16(15)20(17)14-10-11-14/h1-9,14H,10-12H2. The second-order valence-electron chi connectivity index (χ2n) is 5.74. The SMILES string of the molecule is O=C(c1ccccc1)N1CC(=O)N(C2CC2)c2ccccc21. The van der Waals surface area contributed by atoms with E-state index in [-0.39, 0.29) is 18.4 Å². The molecule has 1 heterocycles. The number of hydrogen-bond acceptors (Lipinski definition) is 2. The number of para-hydroxylation sites is 2. The summed E-state index contributed by atoms with van der Waals surface area (Å²) < 4.78 is 0. The van der Waals surface area contributed by atoms with E-state index < -0.39 is 0 Å². The van der Waals surface area contributed by atoms with E-state index in [2.05, 4.69) is 0 Å². The Balaban J connectivity index is 1.76. The van der Waals surface area contributed by atoms with Gasteiger partial charge in [-0.3, -0.25) is 14.5 Å². The largest absolute Gasteiger partial charge is 0.306 e. The Bertz CT molecular complexity index is 738. The molecule has 1 aliphatic carbocycles. The van der Waals surface area contributed by atoms with Gasteiger partial charge in [-0.1, -0.05) is 30.3 Å². The molecule has 0 atom stereocenters. The number of amides is 2. The van der Waals surface area contributed by atoms with E-state index >= 15 is 0 Å². The van der Waals surface area contributed by atoms with Crippen LogP contribution in [-0.2, 0) is 4.79 Å². The normalized spacial score (nSPS) is 17.4. The maximum Gasteiger partial charge on any atom is 0.258 e. The molecule has 0 radical (unpaired) electrons. The number of anilines is 2. The quantitative estimate of drug-likeness (QED) is 0.854. The van der Waals surface area contributed by atoms with E-state index in [1.165, 1.54) is 0 Å². The fourth-order valence-electron chi connectivity index (χ4n) is 2.98. The fraction of sp³-hybridized carbons (Fsp3) is 0.222. The zero-order chi connectivity index (χ0) is 15.1. The summed E-state index contributed by atoms with van der Waals surface area (Å²) in [7, 11) is 0. The highest BCUT2D eigenvalue weighted by Crippen LogP contribution is 2.40. The maximum absolute atomic E-state index is 12.8. The molecule has 1 aliphatic heterocycles. The van der Waals surface area contributed by atoms with Crippen molar-refractivity contribution in [2.24, 2.45) is 0 Å². The minimum atomic E-state index is -0.128. The van der Waals surface area contributed by atoms with Crippen LogP contribution in [0.5, 0.6) is 0 Å². The minimum absolute atomic E-state index is 0.00508. The van der Waals surface area contributed by atoms with E-state index in [1.807, 2.05) is 47.4 Å². The zero-order valence-corrected chi connectivity index (χ0v) is 12.1. The van der Waals surface area contributed by atoms with E-state index in [0.717, 1.165) is 24.2 Å². The second kappa shape index (κ2) is 4.98. The molecule has 4 heteroatoms. The molecule has 0 aromatic heterocycles. The third-order valence-corrected chi connectivity index (χ3v) is 4.17. The third-order valence-electron chi connectivity index (χ3n) is 4.17. The van der Waals surface area contributed by atoms with Crippen molar-refractivity contribution >= 4 is 23.2 Å². The predicted octanol–water partition coefficient (Wildman–Crippen LogP) is 2.84. The summed E-state index contributed by atoms with van der Waals surface area (Å²) in [5.74, 6) is -0.123. The maximum atomic E-state index is 12.8. The van der Waals surface area contributed by atoms with Crippen molar-refractivity contribution in [3.63, 3.8) is 0 Å². The number of carbonyl (C=O) groups is 2. The fourth-order valence-corrected chi connectivity index (χ4v) is 2.98. The molecule has 1 saturated carbocycles. The molecule has 2 aliphatic rings. The van der Waals surface area contributed by atoms with Crippen molar-refractivity contribution in [1.29, 1.82) is 0 Å². The molecule has 0 bridgehead atoms. The van der Waals surface area contributed by atoms with Crippen LogP contribution in [0.4, 0.5) is 11.4 Å². The summed E-state index contributed by atoms with van der Waals surface area (Å²) >= 11 is 0. The van der Waals surface area contributed by atoms with Gasteiger partial charge in [0.1, 0.15) is 6.54 Å². The number of carbonyl (C=O) groups excluding carboxylic acids is 2. The van der Waals surface area contributed by atoms with Crippen LogP contribution in [0.3, 0.4) is 0 Å². The molecule has 2 aromatic rings. The number of benzene rings is 2. The van der Waals surface area contributed by atoms with Crippen molar-refractivity contribution in [2.75, 3.05) is 16.3 Å². The Labute approximate surface area is 129 Å². The molecule has 2 aromatic carbocycles. The predicted molar refractivity (Wildman–Crippen MR) is 85.1 cm³/mol. The van der Waals surface area contributed by atoms with Crippen LogP contribution in [0.15, 0.2) is 54.6 Å². The first-order valence-corrected chi connectivity index (χ1v) is 7.54. The Morgan fingerprint density at radius 3 is 2.23 bits per heavy atom. The molecule has 110 valence electrons. The van der Waals surface area contributed by atoms with Gasteiger partial charge in [0.25, 0.3) is 5.91 Å². The molecule has 4 nitrogen and oxygen atoms in total. The van der Waals surface area contributed by atoms with Gasteiger partial charge in [-0.2, -0.15) is 0 Å². The molecule has 22 heavy (non-hydrogen) atoms. The van der Waals surface area contributed by atoms with E-state index in [1.54, 1.807) is 17.0 Å². The summed E-state index contributed by atoms with van der Waals surface area (Å²) in [5.41, 5.74) is 2.28. The van der Waals surface area contributed by atoms with Crippen LogP contribution in [0, 0.1) is 0 Å². The second-order valence-corrected chi connectivity index (χ2v) is 5.74. The Morgan fingerprint density at radius 1 is 0.909 bits per heavy atom. The van der Waals surface area contributed by atoms with Gasteiger partial charge in [0.15, 0.2) is 0 Å². The molecule has 0 saturated heterocycles. The number of hydrogen-bond donors (Lipinski definition) is 0. The van der Waals surface area contributed by atoms with Gasteiger partial charge in [0.2, 0.25) is 5.91 Å². The molecule has 0 spiro atoms. The van der Waals surface area contributed by atoms with Crippen molar-refractivity contribution in [1.82, 2.24) is 0 Å². The summed E-state index contributed by atoms with van der Waals surface area (Å²) in [5, 5.41) is 0. The van der Waals surface area contributed by atoms with Crippen LogP contribution in [-0.4, -0.2) is 24.4 Å². The van der Waals surface area contributed by atoms with Crippen LogP contribution >= 0.6 is 0 Å². The minimum Gasteiger partial charge on any atom is -0.306 e. The molecule has 1 fully saturated rings. The molecular formula is C18H16N2O2. The van der Waals surface area contributed by atoms with Crippen LogP contribution in [0.2, 0.25) is 0 Å². The Hall–Kier alpha value is -2.62. The third kappa shape index (κ3) is 2.08. The highest BCUT2D eigenvalue weighted by atomic mass is 16.2. The molecule has 2 amide bonds. The first-order chi connectivity index (χ1) is 10.8. The van der Waals surface area contributed by atoms with Gasteiger partial charge in [-0.05, 0) is 37.1 Å². The van der Waals surface area contributed by atoms with E-state index in [4.69, 9.17) is 0 Å². The van der Waals surface area contributed by atoms with Gasteiger partial charge in [-0.25, -0.2) is 0 Å². The first-order valence-electron chi connectivity index (χ1n) is 7.54. The van der Waals surface area contributed by atoms with Crippen molar-refractivity contribution < 1.29 is 9.59 Å². The van der Waals surface area contributed by atoms with Gasteiger partial charge >= 0.3 is 0 Å². The first kappa shape index (κ1) is 13.1. The Kier molecular flexibility index (Phi) is 2.96.